The van der Waals surface area contributed by atoms with Crippen LogP contribution in [-0.4, -0.2) is 71.8 Å². The summed E-state index contributed by atoms with van der Waals surface area (Å²) in [6.07, 6.45) is 2.41. The number of fused-ring (bicyclic) bond motifs is 2. The third-order valence-corrected chi connectivity index (χ3v) is 8.78. The lowest BCUT2D eigenvalue weighted by atomic mass is 10.0. The Hall–Kier alpha value is -3.37. The molecular formula is C27H27ClF2N8OS. The molecule has 208 valence electrons. The SMILES string of the molecule is CN1CCCC1COc1nc(N2CCNC(CC#N)C2)c2cc(Cl)c(-c3ccc(F)c4sc(N)nc34)c(F)c2n1. The number of piperazine rings is 1. The van der Waals surface area contributed by atoms with Crippen molar-refractivity contribution >= 4 is 55.0 Å². The Morgan fingerprint density at radius 3 is 2.88 bits per heavy atom. The monoisotopic (exact) mass is 584 g/mol. The Morgan fingerprint density at radius 1 is 1.25 bits per heavy atom. The Bertz CT molecular complexity index is 1640. The van der Waals surface area contributed by atoms with E-state index in [9.17, 15) is 9.65 Å². The van der Waals surface area contributed by atoms with Crippen LogP contribution in [0.5, 0.6) is 6.01 Å². The summed E-state index contributed by atoms with van der Waals surface area (Å²) in [5, 5.41) is 13.3. The average Bonchev–Trinajstić information content (AvgIpc) is 3.54. The second-order valence-electron chi connectivity index (χ2n) is 10.1. The quantitative estimate of drug-likeness (QED) is 0.336. The predicted octanol–water partition coefficient (Wildman–Crippen LogP) is 4.59. The number of likely N-dealkylation sites (tertiary alicyclic amines) is 1. The third kappa shape index (κ3) is 4.88. The molecule has 3 N–H and O–H groups in total. The van der Waals surface area contributed by atoms with Crippen LogP contribution in [0.15, 0.2) is 18.2 Å². The molecule has 0 aliphatic carbocycles. The third-order valence-electron chi connectivity index (χ3n) is 7.59. The largest absolute Gasteiger partial charge is 0.462 e. The molecule has 4 aromatic rings. The van der Waals surface area contributed by atoms with E-state index in [1.165, 1.54) is 12.1 Å². The van der Waals surface area contributed by atoms with Gasteiger partial charge in [-0.05, 0) is 44.6 Å². The van der Waals surface area contributed by atoms with Crippen LogP contribution in [0.1, 0.15) is 19.3 Å². The normalized spacial score (nSPS) is 19.9. The van der Waals surface area contributed by atoms with Crippen molar-refractivity contribution < 1.29 is 13.5 Å². The van der Waals surface area contributed by atoms with Crippen molar-refractivity contribution in [3.8, 4) is 23.2 Å². The fourth-order valence-electron chi connectivity index (χ4n) is 5.53. The van der Waals surface area contributed by atoms with Crippen molar-refractivity contribution in [2.24, 2.45) is 0 Å². The molecule has 2 aromatic heterocycles. The number of nitrogens with two attached hydrogens (primary N) is 1. The van der Waals surface area contributed by atoms with Gasteiger partial charge in [-0.3, -0.25) is 0 Å². The van der Waals surface area contributed by atoms with Crippen molar-refractivity contribution in [1.29, 1.82) is 5.26 Å². The Morgan fingerprint density at radius 2 is 2.10 bits per heavy atom. The minimum Gasteiger partial charge on any atom is -0.462 e. The number of nitrogen functional groups attached to an aromatic ring is 1. The average molecular weight is 585 g/mol. The summed E-state index contributed by atoms with van der Waals surface area (Å²) in [5.41, 5.74) is 6.51. The number of anilines is 2. The van der Waals surface area contributed by atoms with Gasteiger partial charge >= 0.3 is 6.01 Å². The Kier molecular flexibility index (Phi) is 7.31. The van der Waals surface area contributed by atoms with Gasteiger partial charge in [-0.2, -0.15) is 15.2 Å². The first-order valence-electron chi connectivity index (χ1n) is 13.1. The number of likely N-dealkylation sites (N-methyl/N-ethyl adjacent to an activating group) is 1. The summed E-state index contributed by atoms with van der Waals surface area (Å²) in [5.74, 6) is -0.691. The van der Waals surface area contributed by atoms with Gasteiger partial charge in [0.15, 0.2) is 10.9 Å². The zero-order valence-corrected chi connectivity index (χ0v) is 23.3. The number of ether oxygens (including phenoxy) is 1. The molecule has 13 heteroatoms. The minimum absolute atomic E-state index is 0.0372. The number of nitrogens with zero attached hydrogens (tertiary/aromatic N) is 6. The van der Waals surface area contributed by atoms with Gasteiger partial charge < -0.3 is 25.6 Å². The van der Waals surface area contributed by atoms with E-state index in [0.29, 0.717) is 49.4 Å². The molecule has 40 heavy (non-hydrogen) atoms. The van der Waals surface area contributed by atoms with E-state index in [1.807, 2.05) is 11.9 Å². The fraction of sp³-hybridized carbons (Fsp3) is 0.407. The summed E-state index contributed by atoms with van der Waals surface area (Å²) < 4.78 is 37.3. The van der Waals surface area contributed by atoms with Crippen LogP contribution in [0.3, 0.4) is 0 Å². The molecule has 0 radical (unpaired) electrons. The van der Waals surface area contributed by atoms with Crippen LogP contribution in [0.25, 0.3) is 32.2 Å². The molecule has 2 fully saturated rings. The van der Waals surface area contributed by atoms with Crippen LogP contribution in [0, 0.1) is 23.0 Å². The summed E-state index contributed by atoms with van der Waals surface area (Å²) in [4.78, 5) is 17.7. The summed E-state index contributed by atoms with van der Waals surface area (Å²) >= 11 is 7.72. The predicted molar refractivity (Wildman–Crippen MR) is 153 cm³/mol. The summed E-state index contributed by atoms with van der Waals surface area (Å²) in [7, 11) is 2.05. The molecule has 2 aliphatic rings. The molecule has 9 nitrogen and oxygen atoms in total. The molecule has 2 unspecified atom stereocenters. The number of thiazole rings is 1. The molecule has 4 heterocycles. The van der Waals surface area contributed by atoms with Crippen molar-refractivity contribution in [2.45, 2.75) is 31.3 Å². The number of nitriles is 1. The fourth-order valence-corrected chi connectivity index (χ4v) is 6.59. The van der Waals surface area contributed by atoms with E-state index < -0.39 is 11.6 Å². The number of aromatic nitrogens is 3. The number of hydrogen-bond acceptors (Lipinski definition) is 10. The van der Waals surface area contributed by atoms with Gasteiger partial charge in [0.25, 0.3) is 0 Å². The van der Waals surface area contributed by atoms with Crippen molar-refractivity contribution in [3.05, 3.63) is 34.9 Å². The lowest BCUT2D eigenvalue weighted by Gasteiger charge is -2.34. The van der Waals surface area contributed by atoms with E-state index in [0.717, 1.165) is 30.7 Å². The van der Waals surface area contributed by atoms with Gasteiger partial charge in [0.1, 0.15) is 23.8 Å². The lowest BCUT2D eigenvalue weighted by Crippen LogP contribution is -2.51. The van der Waals surface area contributed by atoms with Crippen LogP contribution < -0.4 is 20.7 Å². The highest BCUT2D eigenvalue weighted by Gasteiger charge is 2.28. The lowest BCUT2D eigenvalue weighted by molar-refractivity contribution is 0.188. The maximum atomic E-state index is 16.5. The first kappa shape index (κ1) is 26.8. The molecule has 0 bridgehead atoms. The van der Waals surface area contributed by atoms with E-state index in [1.54, 1.807) is 6.07 Å². The van der Waals surface area contributed by atoms with E-state index >= 15 is 4.39 Å². The first-order valence-corrected chi connectivity index (χ1v) is 14.3. The number of halogens is 3. The van der Waals surface area contributed by atoms with Crippen LogP contribution >= 0.6 is 22.9 Å². The summed E-state index contributed by atoms with van der Waals surface area (Å²) in [6, 6.07) is 6.75. The number of nitrogens with one attached hydrogen (secondary N) is 1. The van der Waals surface area contributed by atoms with Crippen molar-refractivity contribution in [3.63, 3.8) is 0 Å². The number of hydrogen-bond donors (Lipinski definition) is 2. The van der Waals surface area contributed by atoms with Gasteiger partial charge in [-0.25, -0.2) is 13.8 Å². The highest BCUT2D eigenvalue weighted by Crippen LogP contribution is 2.42. The topological polar surface area (TPSA) is 116 Å². The molecule has 2 aromatic carbocycles. The van der Waals surface area contributed by atoms with Crippen LogP contribution in [0.4, 0.5) is 19.7 Å². The number of benzene rings is 2. The van der Waals surface area contributed by atoms with Crippen molar-refractivity contribution in [2.75, 3.05) is 50.5 Å². The van der Waals surface area contributed by atoms with E-state index in [-0.39, 0.29) is 49.5 Å². The Balaban J connectivity index is 1.50. The number of rotatable bonds is 6. The molecule has 0 amide bonds. The molecule has 2 aliphatic heterocycles. The Labute approximate surface area is 238 Å². The van der Waals surface area contributed by atoms with Crippen molar-refractivity contribution in [1.82, 2.24) is 25.2 Å². The molecule has 0 saturated carbocycles. The van der Waals surface area contributed by atoms with E-state index in [2.05, 4.69) is 26.3 Å². The van der Waals surface area contributed by atoms with Crippen LogP contribution in [-0.2, 0) is 0 Å². The molecule has 6 rings (SSSR count). The van der Waals surface area contributed by atoms with Gasteiger partial charge in [0, 0.05) is 48.2 Å². The molecule has 2 saturated heterocycles. The standard InChI is InChI=1S/C27H27ClF2N8OS/c1-37-9-2-3-15(37)13-39-27-35-22-17(25(36-27)38-10-8-33-14(12-38)6-7-31)11-18(28)20(21(22)30)16-4-5-19(29)24-23(16)34-26(32)40-24/h4-5,11,14-15,33H,2-3,6,8-10,12-13H2,1H3,(H2,32,34). The zero-order valence-electron chi connectivity index (χ0n) is 21.8. The van der Waals surface area contributed by atoms with Crippen LogP contribution in [0.2, 0.25) is 5.02 Å². The molecule has 2 atom stereocenters. The zero-order chi connectivity index (χ0) is 28.0. The highest BCUT2D eigenvalue weighted by molar-refractivity contribution is 7.22. The van der Waals surface area contributed by atoms with Gasteiger partial charge in [0.05, 0.1) is 27.7 Å². The summed E-state index contributed by atoms with van der Waals surface area (Å²) in [6.45, 7) is 3.09. The second-order valence-corrected chi connectivity index (χ2v) is 11.6. The maximum Gasteiger partial charge on any atom is 0.319 e. The molecule has 0 spiro atoms. The smallest absolute Gasteiger partial charge is 0.319 e. The maximum absolute atomic E-state index is 16.5. The van der Waals surface area contributed by atoms with Gasteiger partial charge in [-0.15, -0.1) is 0 Å². The van der Waals surface area contributed by atoms with E-state index in [4.69, 9.17) is 27.1 Å². The second kappa shape index (κ2) is 10.9. The first-order chi connectivity index (χ1) is 19.3. The minimum atomic E-state index is -0.683. The van der Waals surface area contributed by atoms with Gasteiger partial charge in [0.2, 0.25) is 0 Å². The van der Waals surface area contributed by atoms with Gasteiger partial charge in [-0.1, -0.05) is 22.9 Å². The molecular weight excluding hydrogens is 558 g/mol. The highest BCUT2D eigenvalue weighted by atomic mass is 35.5.